The summed E-state index contributed by atoms with van der Waals surface area (Å²) >= 11 is 1.72. The van der Waals surface area contributed by atoms with Crippen molar-refractivity contribution in [1.82, 2.24) is 4.31 Å². The normalized spacial score (nSPS) is 17.6. The average Bonchev–Trinajstić information content (AvgIpc) is 2.40. The van der Waals surface area contributed by atoms with Gasteiger partial charge in [-0.15, -0.1) is 0 Å². The van der Waals surface area contributed by atoms with E-state index >= 15 is 0 Å². The minimum Gasteiger partial charge on any atom is -0.258 e. The summed E-state index contributed by atoms with van der Waals surface area (Å²) in [6.07, 6.45) is 0. The Morgan fingerprint density at radius 3 is 2.22 bits per heavy atom. The van der Waals surface area contributed by atoms with Crippen LogP contribution in [0, 0.1) is 10.1 Å². The van der Waals surface area contributed by atoms with Crippen LogP contribution in [0.5, 0.6) is 0 Å². The first-order chi connectivity index (χ1) is 8.51. The fraction of sp³-hybridized carbons (Fsp3) is 0.400. The predicted octanol–water partition coefficient (Wildman–Crippen LogP) is 1.33. The molecule has 1 aromatic carbocycles. The number of benzene rings is 1. The quantitative estimate of drug-likeness (QED) is 0.619. The van der Waals surface area contributed by atoms with Gasteiger partial charge in [0.05, 0.1) is 9.82 Å². The molecule has 0 radical (unpaired) electrons. The largest absolute Gasteiger partial charge is 0.269 e. The van der Waals surface area contributed by atoms with Crippen LogP contribution in [0.2, 0.25) is 0 Å². The van der Waals surface area contributed by atoms with Crippen molar-refractivity contribution in [3.63, 3.8) is 0 Å². The highest BCUT2D eigenvalue weighted by atomic mass is 32.2. The number of hydrogen-bond donors (Lipinski definition) is 0. The Hall–Kier alpha value is -1.12. The highest BCUT2D eigenvalue weighted by Gasteiger charge is 2.26. The van der Waals surface area contributed by atoms with Crippen LogP contribution in [0.15, 0.2) is 29.2 Å². The summed E-state index contributed by atoms with van der Waals surface area (Å²) in [6.45, 7) is 0.980. The van der Waals surface area contributed by atoms with Crippen LogP contribution in [0.25, 0.3) is 0 Å². The van der Waals surface area contributed by atoms with Gasteiger partial charge in [0.15, 0.2) is 0 Å². The average molecular weight is 288 g/mol. The van der Waals surface area contributed by atoms with Crippen LogP contribution < -0.4 is 0 Å². The summed E-state index contributed by atoms with van der Waals surface area (Å²) in [6, 6.07) is 5.00. The smallest absolute Gasteiger partial charge is 0.258 e. The molecule has 1 saturated heterocycles. The molecular weight excluding hydrogens is 276 g/mol. The monoisotopic (exact) mass is 288 g/mol. The van der Waals surface area contributed by atoms with Gasteiger partial charge in [-0.3, -0.25) is 10.1 Å². The SMILES string of the molecule is O=[N+]([O-])c1ccc(S(=O)(=O)N2CCSCC2)cc1. The van der Waals surface area contributed by atoms with Gasteiger partial charge in [0.2, 0.25) is 10.0 Å². The number of sulfonamides is 1. The Morgan fingerprint density at radius 2 is 1.72 bits per heavy atom. The summed E-state index contributed by atoms with van der Waals surface area (Å²) in [5.41, 5.74) is -0.108. The molecule has 18 heavy (non-hydrogen) atoms. The zero-order valence-corrected chi connectivity index (χ0v) is 11.1. The van der Waals surface area contributed by atoms with Crippen molar-refractivity contribution in [3.05, 3.63) is 34.4 Å². The lowest BCUT2D eigenvalue weighted by atomic mass is 10.3. The molecule has 2 rings (SSSR count). The van der Waals surface area contributed by atoms with Gasteiger partial charge in [-0.05, 0) is 12.1 Å². The maximum atomic E-state index is 12.2. The molecule has 0 atom stereocenters. The molecule has 8 heteroatoms. The van der Waals surface area contributed by atoms with Crippen molar-refractivity contribution >= 4 is 27.5 Å². The summed E-state index contributed by atoms with van der Waals surface area (Å²) in [5, 5.41) is 10.5. The highest BCUT2D eigenvalue weighted by molar-refractivity contribution is 7.99. The fourth-order valence-electron chi connectivity index (χ4n) is 1.68. The molecule has 1 fully saturated rings. The Morgan fingerprint density at radius 1 is 1.17 bits per heavy atom. The molecule has 98 valence electrons. The topological polar surface area (TPSA) is 80.5 Å². The van der Waals surface area contributed by atoms with Crippen molar-refractivity contribution in [2.75, 3.05) is 24.6 Å². The zero-order valence-electron chi connectivity index (χ0n) is 9.48. The Kier molecular flexibility index (Phi) is 3.88. The van der Waals surface area contributed by atoms with Gasteiger partial charge in [-0.1, -0.05) is 0 Å². The molecule has 0 amide bonds. The lowest BCUT2D eigenvalue weighted by Gasteiger charge is -2.25. The highest BCUT2D eigenvalue weighted by Crippen LogP contribution is 2.22. The van der Waals surface area contributed by atoms with Gasteiger partial charge in [0, 0.05) is 36.7 Å². The van der Waals surface area contributed by atoms with Crippen LogP contribution in [-0.2, 0) is 10.0 Å². The summed E-state index contributed by atoms with van der Waals surface area (Å²) in [7, 11) is -3.51. The number of non-ortho nitro benzene ring substituents is 1. The van der Waals surface area contributed by atoms with Crippen LogP contribution in [-0.4, -0.2) is 42.2 Å². The van der Waals surface area contributed by atoms with Crippen molar-refractivity contribution in [1.29, 1.82) is 0 Å². The number of hydrogen-bond acceptors (Lipinski definition) is 5. The molecular formula is C10H12N2O4S2. The second-order valence-electron chi connectivity index (χ2n) is 3.77. The van der Waals surface area contributed by atoms with E-state index in [0.717, 1.165) is 11.5 Å². The third-order valence-corrected chi connectivity index (χ3v) is 5.51. The molecule has 0 N–H and O–H groups in total. The number of nitrogens with zero attached hydrogens (tertiary/aromatic N) is 2. The molecule has 1 aliphatic heterocycles. The fourth-order valence-corrected chi connectivity index (χ4v) is 4.25. The van der Waals surface area contributed by atoms with E-state index in [1.165, 1.54) is 28.6 Å². The van der Waals surface area contributed by atoms with E-state index in [1.807, 2.05) is 0 Å². The van der Waals surface area contributed by atoms with Crippen LogP contribution >= 0.6 is 11.8 Å². The van der Waals surface area contributed by atoms with Gasteiger partial charge in [0.1, 0.15) is 0 Å². The molecule has 0 bridgehead atoms. The van der Waals surface area contributed by atoms with Crippen molar-refractivity contribution < 1.29 is 13.3 Å². The number of rotatable bonds is 3. The maximum Gasteiger partial charge on any atom is 0.269 e. The number of nitro groups is 1. The van der Waals surface area contributed by atoms with Crippen LogP contribution in [0.3, 0.4) is 0 Å². The van der Waals surface area contributed by atoms with E-state index in [2.05, 4.69) is 0 Å². The van der Waals surface area contributed by atoms with Gasteiger partial charge in [-0.2, -0.15) is 16.1 Å². The second-order valence-corrected chi connectivity index (χ2v) is 6.93. The Bertz CT molecular complexity index is 536. The molecule has 0 unspecified atom stereocenters. The van der Waals surface area contributed by atoms with Crippen molar-refractivity contribution in [2.24, 2.45) is 0 Å². The van der Waals surface area contributed by atoms with Crippen molar-refractivity contribution in [3.8, 4) is 0 Å². The standard InChI is InChI=1S/C10H12N2O4S2/c13-12(14)9-1-3-10(4-2-9)18(15,16)11-5-7-17-8-6-11/h1-4H,5-8H2. The predicted molar refractivity (Wildman–Crippen MR) is 69.2 cm³/mol. The molecule has 0 saturated carbocycles. The first kappa shape index (κ1) is 13.3. The van der Waals surface area contributed by atoms with E-state index in [1.54, 1.807) is 11.8 Å². The third-order valence-electron chi connectivity index (χ3n) is 2.66. The van der Waals surface area contributed by atoms with E-state index in [9.17, 15) is 18.5 Å². The maximum absolute atomic E-state index is 12.2. The van der Waals surface area contributed by atoms with Gasteiger partial charge >= 0.3 is 0 Å². The zero-order chi connectivity index (χ0) is 13.2. The van der Waals surface area contributed by atoms with Gasteiger partial charge in [-0.25, -0.2) is 8.42 Å². The minimum atomic E-state index is -3.51. The Labute approximate surface area is 109 Å². The van der Waals surface area contributed by atoms with Crippen LogP contribution in [0.4, 0.5) is 5.69 Å². The summed E-state index contributed by atoms with van der Waals surface area (Å²) in [4.78, 5) is 10.1. The minimum absolute atomic E-state index is 0.108. The second kappa shape index (κ2) is 5.25. The lowest BCUT2D eigenvalue weighted by Crippen LogP contribution is -2.37. The first-order valence-electron chi connectivity index (χ1n) is 5.34. The van der Waals surface area contributed by atoms with E-state index in [0.29, 0.717) is 13.1 Å². The summed E-state index contributed by atoms with van der Waals surface area (Å²) < 4.78 is 25.9. The molecule has 1 aliphatic rings. The molecule has 1 heterocycles. The third kappa shape index (κ3) is 2.65. The number of nitro benzene ring substituents is 1. The van der Waals surface area contributed by atoms with Gasteiger partial charge < -0.3 is 0 Å². The van der Waals surface area contributed by atoms with E-state index in [4.69, 9.17) is 0 Å². The van der Waals surface area contributed by atoms with Gasteiger partial charge in [0.25, 0.3) is 5.69 Å². The van der Waals surface area contributed by atoms with E-state index in [-0.39, 0.29) is 10.6 Å². The molecule has 6 nitrogen and oxygen atoms in total. The first-order valence-corrected chi connectivity index (χ1v) is 7.93. The molecule has 1 aromatic rings. The molecule has 0 aromatic heterocycles. The lowest BCUT2D eigenvalue weighted by molar-refractivity contribution is -0.384. The Balaban J connectivity index is 2.26. The summed E-state index contributed by atoms with van der Waals surface area (Å²) in [5.74, 6) is 1.57. The van der Waals surface area contributed by atoms with Crippen LogP contribution in [0.1, 0.15) is 0 Å². The molecule has 0 aliphatic carbocycles. The van der Waals surface area contributed by atoms with E-state index < -0.39 is 14.9 Å². The number of thioether (sulfide) groups is 1. The van der Waals surface area contributed by atoms with Crippen molar-refractivity contribution in [2.45, 2.75) is 4.90 Å². The molecule has 0 spiro atoms.